The van der Waals surface area contributed by atoms with E-state index in [2.05, 4.69) is 53.4 Å². The smallest absolute Gasteiger partial charge is 0.0874 e. The van der Waals surface area contributed by atoms with Crippen LogP contribution in [-0.2, 0) is 11.2 Å². The van der Waals surface area contributed by atoms with Gasteiger partial charge in [-0.2, -0.15) is 0 Å². The molecule has 0 bridgehead atoms. The first-order valence-corrected chi connectivity index (χ1v) is 10.6. The standard InChI is InChI=1S/C23H27NO3S/c1-24(2)21-8-7-15(9-19-11-16-5-3-4-6-23(16)28-19)10-20(21)22-13-17(26)12-18(14-25)27-22/h3-8,10-11,17-18,22,25-26H,9,12-14H2,1-2H3. The predicted octanol–water partition coefficient (Wildman–Crippen LogP) is 4.13. The van der Waals surface area contributed by atoms with Crippen LogP contribution in [0.1, 0.15) is 34.9 Å². The Morgan fingerprint density at radius 2 is 1.93 bits per heavy atom. The van der Waals surface area contributed by atoms with Gasteiger partial charge in [0.1, 0.15) is 0 Å². The van der Waals surface area contributed by atoms with Gasteiger partial charge in [0.25, 0.3) is 0 Å². The largest absolute Gasteiger partial charge is 0.394 e. The third-order valence-electron chi connectivity index (χ3n) is 5.36. The molecule has 148 valence electrons. The Morgan fingerprint density at radius 3 is 2.68 bits per heavy atom. The fourth-order valence-corrected chi connectivity index (χ4v) is 5.11. The molecule has 4 nitrogen and oxygen atoms in total. The van der Waals surface area contributed by atoms with Crippen molar-refractivity contribution in [3.05, 3.63) is 64.5 Å². The van der Waals surface area contributed by atoms with E-state index in [0.29, 0.717) is 12.8 Å². The molecule has 1 aliphatic rings. The maximum Gasteiger partial charge on any atom is 0.0874 e. The molecule has 1 aromatic heterocycles. The lowest BCUT2D eigenvalue weighted by Gasteiger charge is -2.34. The molecule has 5 heteroatoms. The number of nitrogens with zero attached hydrogens (tertiary/aromatic N) is 1. The van der Waals surface area contributed by atoms with Gasteiger partial charge >= 0.3 is 0 Å². The van der Waals surface area contributed by atoms with Crippen LogP contribution in [0.5, 0.6) is 0 Å². The lowest BCUT2D eigenvalue weighted by atomic mass is 9.93. The van der Waals surface area contributed by atoms with Gasteiger partial charge in [0.05, 0.1) is 24.9 Å². The van der Waals surface area contributed by atoms with Gasteiger partial charge in [-0.3, -0.25) is 0 Å². The Morgan fingerprint density at radius 1 is 1.11 bits per heavy atom. The van der Waals surface area contributed by atoms with Gasteiger partial charge in [0.2, 0.25) is 0 Å². The molecule has 1 aliphatic heterocycles. The van der Waals surface area contributed by atoms with Crippen LogP contribution in [0, 0.1) is 0 Å². The molecule has 0 amide bonds. The normalized spacial score (nSPS) is 22.5. The number of hydrogen-bond acceptors (Lipinski definition) is 5. The zero-order valence-corrected chi connectivity index (χ0v) is 17.2. The first-order valence-electron chi connectivity index (χ1n) is 9.75. The topological polar surface area (TPSA) is 52.9 Å². The van der Waals surface area contributed by atoms with Crippen LogP contribution in [0.25, 0.3) is 10.1 Å². The lowest BCUT2D eigenvalue weighted by Crippen LogP contribution is -2.34. The molecular formula is C23H27NO3S. The van der Waals surface area contributed by atoms with Gasteiger partial charge in [-0.05, 0) is 29.1 Å². The Balaban J connectivity index is 1.65. The number of hydrogen-bond donors (Lipinski definition) is 2. The molecule has 2 heterocycles. The van der Waals surface area contributed by atoms with E-state index < -0.39 is 6.10 Å². The number of aliphatic hydroxyl groups is 2. The highest BCUT2D eigenvalue weighted by atomic mass is 32.1. The Hall–Kier alpha value is -1.92. The summed E-state index contributed by atoms with van der Waals surface area (Å²) in [6.07, 6.45) is 0.960. The minimum absolute atomic E-state index is 0.0632. The minimum atomic E-state index is -0.447. The van der Waals surface area contributed by atoms with Gasteiger partial charge in [-0.15, -0.1) is 11.3 Å². The minimum Gasteiger partial charge on any atom is -0.394 e. The van der Waals surface area contributed by atoms with Crippen molar-refractivity contribution in [3.63, 3.8) is 0 Å². The molecule has 3 unspecified atom stereocenters. The third-order valence-corrected chi connectivity index (χ3v) is 6.47. The molecular weight excluding hydrogens is 370 g/mol. The van der Waals surface area contributed by atoms with Crippen LogP contribution in [0.2, 0.25) is 0 Å². The van der Waals surface area contributed by atoms with Crippen molar-refractivity contribution in [2.45, 2.75) is 37.6 Å². The summed E-state index contributed by atoms with van der Waals surface area (Å²) in [5.74, 6) is 0. The van der Waals surface area contributed by atoms with Crippen molar-refractivity contribution in [2.24, 2.45) is 0 Å². The van der Waals surface area contributed by atoms with E-state index in [1.807, 2.05) is 25.4 Å². The number of ether oxygens (including phenoxy) is 1. The van der Waals surface area contributed by atoms with Crippen molar-refractivity contribution in [3.8, 4) is 0 Å². The number of aliphatic hydroxyl groups excluding tert-OH is 2. The maximum absolute atomic E-state index is 10.3. The highest BCUT2D eigenvalue weighted by Crippen LogP contribution is 2.37. The molecule has 3 aromatic rings. The van der Waals surface area contributed by atoms with Gasteiger partial charge in [-0.25, -0.2) is 0 Å². The zero-order chi connectivity index (χ0) is 19.7. The van der Waals surface area contributed by atoms with Gasteiger partial charge in [0, 0.05) is 54.2 Å². The fraction of sp³-hybridized carbons (Fsp3) is 0.391. The first kappa shape index (κ1) is 19.4. The average molecular weight is 398 g/mol. The quantitative estimate of drug-likeness (QED) is 0.680. The predicted molar refractivity (Wildman–Crippen MR) is 115 cm³/mol. The van der Waals surface area contributed by atoms with E-state index in [9.17, 15) is 10.2 Å². The Bertz CT molecular complexity index is 919. The zero-order valence-electron chi connectivity index (χ0n) is 16.3. The number of anilines is 1. The summed E-state index contributed by atoms with van der Waals surface area (Å²) in [4.78, 5) is 3.42. The second-order valence-electron chi connectivity index (χ2n) is 7.77. The van der Waals surface area contributed by atoms with Crippen LogP contribution >= 0.6 is 11.3 Å². The maximum atomic E-state index is 10.3. The molecule has 28 heavy (non-hydrogen) atoms. The number of thiophene rings is 1. The Labute approximate surface area is 170 Å². The molecule has 1 fully saturated rings. The lowest BCUT2D eigenvalue weighted by molar-refractivity contribution is -0.113. The molecule has 0 aliphatic carbocycles. The SMILES string of the molecule is CN(C)c1ccc(Cc2cc3ccccc3s2)cc1C1CC(O)CC(CO)O1. The fourth-order valence-electron chi connectivity index (χ4n) is 4.01. The molecule has 2 aromatic carbocycles. The molecule has 4 rings (SSSR count). The van der Waals surface area contributed by atoms with Crippen LogP contribution in [-0.4, -0.2) is 43.1 Å². The second kappa shape index (κ2) is 8.21. The number of benzene rings is 2. The summed E-state index contributed by atoms with van der Waals surface area (Å²) in [7, 11) is 4.04. The Kier molecular flexibility index (Phi) is 5.69. The molecule has 1 saturated heterocycles. The number of fused-ring (bicyclic) bond motifs is 1. The van der Waals surface area contributed by atoms with Crippen molar-refractivity contribution < 1.29 is 14.9 Å². The van der Waals surface area contributed by atoms with E-state index in [-0.39, 0.29) is 18.8 Å². The summed E-state index contributed by atoms with van der Waals surface area (Å²) in [6, 6.07) is 17.3. The van der Waals surface area contributed by atoms with Crippen LogP contribution < -0.4 is 4.90 Å². The highest BCUT2D eigenvalue weighted by molar-refractivity contribution is 7.19. The molecule has 2 N–H and O–H groups in total. The van der Waals surface area contributed by atoms with Crippen molar-refractivity contribution in [1.29, 1.82) is 0 Å². The van der Waals surface area contributed by atoms with Crippen molar-refractivity contribution in [1.82, 2.24) is 0 Å². The van der Waals surface area contributed by atoms with Crippen molar-refractivity contribution in [2.75, 3.05) is 25.6 Å². The summed E-state index contributed by atoms with van der Waals surface area (Å²) in [5, 5.41) is 21.1. The highest BCUT2D eigenvalue weighted by Gasteiger charge is 2.30. The van der Waals surface area contributed by atoms with Crippen LogP contribution in [0.4, 0.5) is 5.69 Å². The van der Waals surface area contributed by atoms with Crippen molar-refractivity contribution >= 4 is 27.1 Å². The summed E-state index contributed by atoms with van der Waals surface area (Å²) in [6.45, 7) is -0.0632. The summed E-state index contributed by atoms with van der Waals surface area (Å²) in [5.41, 5.74) is 3.41. The summed E-state index contributed by atoms with van der Waals surface area (Å²) < 4.78 is 7.41. The van der Waals surface area contributed by atoms with E-state index in [4.69, 9.17) is 4.74 Å². The first-order chi connectivity index (χ1) is 13.5. The molecule has 0 spiro atoms. The van der Waals surface area contributed by atoms with Gasteiger partial charge < -0.3 is 19.8 Å². The average Bonchev–Trinajstić information content (AvgIpc) is 3.09. The molecule has 0 saturated carbocycles. The number of rotatable bonds is 5. The van der Waals surface area contributed by atoms with E-state index >= 15 is 0 Å². The van der Waals surface area contributed by atoms with Gasteiger partial charge in [0.15, 0.2) is 0 Å². The van der Waals surface area contributed by atoms with Crippen LogP contribution in [0.3, 0.4) is 0 Å². The summed E-state index contributed by atoms with van der Waals surface area (Å²) >= 11 is 1.83. The molecule has 3 atom stereocenters. The monoisotopic (exact) mass is 397 g/mol. The van der Waals surface area contributed by atoms with E-state index in [1.54, 1.807) is 0 Å². The third kappa shape index (κ3) is 4.08. The van der Waals surface area contributed by atoms with E-state index in [1.165, 1.54) is 20.5 Å². The second-order valence-corrected chi connectivity index (χ2v) is 8.94. The van der Waals surface area contributed by atoms with E-state index in [0.717, 1.165) is 17.7 Å². The van der Waals surface area contributed by atoms with Crippen LogP contribution in [0.15, 0.2) is 48.5 Å². The van der Waals surface area contributed by atoms with Gasteiger partial charge in [-0.1, -0.05) is 30.3 Å². The molecule has 0 radical (unpaired) electrons.